The molecule has 4 nitrogen and oxygen atoms in total. The molecule has 0 bridgehead atoms. The molecule has 0 saturated carbocycles. The molecule has 0 amide bonds. The van der Waals surface area contributed by atoms with E-state index >= 15 is 0 Å². The molecule has 0 spiro atoms. The lowest BCUT2D eigenvalue weighted by molar-refractivity contribution is 0.0957. The molecule has 1 heterocycles. The van der Waals surface area contributed by atoms with Gasteiger partial charge in [0.05, 0.1) is 11.3 Å². The summed E-state index contributed by atoms with van der Waals surface area (Å²) >= 11 is 0. The van der Waals surface area contributed by atoms with Crippen LogP contribution in [0.2, 0.25) is 0 Å². The van der Waals surface area contributed by atoms with Crippen LogP contribution in [0.4, 0.5) is 11.6 Å². The van der Waals surface area contributed by atoms with Crippen LogP contribution in [-0.4, -0.2) is 15.8 Å². The zero-order valence-corrected chi connectivity index (χ0v) is 15.2. The first-order valence-corrected chi connectivity index (χ1v) is 9.13. The van der Waals surface area contributed by atoms with E-state index < -0.39 is 0 Å². The molecule has 1 N–H and O–H groups in total. The zero-order chi connectivity index (χ0) is 18.6. The predicted molar refractivity (Wildman–Crippen MR) is 108 cm³/mol. The fourth-order valence-electron chi connectivity index (χ4n) is 3.25. The van der Waals surface area contributed by atoms with Gasteiger partial charge in [0.2, 0.25) is 5.95 Å². The molecule has 0 unspecified atom stereocenters. The van der Waals surface area contributed by atoms with Gasteiger partial charge >= 0.3 is 0 Å². The average Bonchev–Trinajstić information content (AvgIpc) is 2.69. The smallest absolute Gasteiger partial charge is 0.227 e. The molecule has 4 rings (SSSR count). The van der Waals surface area contributed by atoms with Crippen molar-refractivity contribution in [1.82, 2.24) is 9.97 Å². The number of hydrogen-bond donors (Lipinski definition) is 1. The van der Waals surface area contributed by atoms with E-state index in [2.05, 4.69) is 39.6 Å². The first kappa shape index (κ1) is 17.2. The highest BCUT2D eigenvalue weighted by molar-refractivity contribution is 5.98. The lowest BCUT2D eigenvalue weighted by Gasteiger charge is -2.20. The molecule has 3 aromatic rings. The Morgan fingerprint density at radius 3 is 2.59 bits per heavy atom. The molecule has 1 aromatic heterocycles. The van der Waals surface area contributed by atoms with E-state index in [1.807, 2.05) is 49.4 Å². The molecule has 0 radical (unpaired) electrons. The number of aromatic nitrogens is 2. The van der Waals surface area contributed by atoms with Gasteiger partial charge in [-0.05, 0) is 37.0 Å². The Balaban J connectivity index is 1.53. The van der Waals surface area contributed by atoms with Crippen molar-refractivity contribution in [3.63, 3.8) is 0 Å². The van der Waals surface area contributed by atoms with Crippen LogP contribution in [0.5, 0.6) is 0 Å². The van der Waals surface area contributed by atoms with Crippen molar-refractivity contribution in [2.75, 3.05) is 5.32 Å². The van der Waals surface area contributed by atoms with Gasteiger partial charge in [-0.1, -0.05) is 60.2 Å². The Bertz CT molecular complexity index is 978. The van der Waals surface area contributed by atoms with Crippen LogP contribution in [0.1, 0.15) is 33.6 Å². The molecule has 0 aliphatic heterocycles. The molecule has 0 fully saturated rings. The number of ketones is 1. The van der Waals surface area contributed by atoms with E-state index in [1.54, 1.807) is 6.20 Å². The summed E-state index contributed by atoms with van der Waals surface area (Å²) in [7, 11) is 0. The molecular formula is C23H21N3O. The van der Waals surface area contributed by atoms with Crippen LogP contribution in [0.3, 0.4) is 0 Å². The second-order valence-electron chi connectivity index (χ2n) is 6.91. The molecule has 1 aliphatic carbocycles. The van der Waals surface area contributed by atoms with Gasteiger partial charge in [0.1, 0.15) is 0 Å². The Morgan fingerprint density at radius 2 is 1.81 bits per heavy atom. The monoisotopic (exact) mass is 355 g/mol. The maximum absolute atomic E-state index is 12.5. The minimum absolute atomic E-state index is 0.112. The number of rotatable bonds is 4. The molecule has 4 heteroatoms. The zero-order valence-electron chi connectivity index (χ0n) is 15.2. The molecule has 2 aromatic carbocycles. The molecule has 1 atom stereocenters. The number of allylic oxidation sites excluding steroid dienone is 1. The number of nitrogens with one attached hydrogen (secondary N) is 1. The highest BCUT2D eigenvalue weighted by Gasteiger charge is 2.25. The third-order valence-electron chi connectivity index (χ3n) is 4.74. The third kappa shape index (κ3) is 4.11. The van der Waals surface area contributed by atoms with Gasteiger partial charge in [0, 0.05) is 18.3 Å². The Labute approximate surface area is 159 Å². The topological polar surface area (TPSA) is 54.9 Å². The van der Waals surface area contributed by atoms with Crippen molar-refractivity contribution >= 4 is 23.5 Å². The minimum Gasteiger partial charge on any atom is -0.324 e. The maximum Gasteiger partial charge on any atom is 0.227 e. The Kier molecular flexibility index (Phi) is 4.79. The molecule has 134 valence electrons. The van der Waals surface area contributed by atoms with Gasteiger partial charge in [-0.3, -0.25) is 4.79 Å². The van der Waals surface area contributed by atoms with E-state index in [9.17, 15) is 4.79 Å². The molecule has 27 heavy (non-hydrogen) atoms. The fourth-order valence-corrected chi connectivity index (χ4v) is 3.25. The van der Waals surface area contributed by atoms with Crippen LogP contribution < -0.4 is 5.32 Å². The van der Waals surface area contributed by atoms with Crippen LogP contribution in [-0.2, 0) is 6.42 Å². The second-order valence-corrected chi connectivity index (χ2v) is 6.91. The summed E-state index contributed by atoms with van der Waals surface area (Å²) < 4.78 is 0. The van der Waals surface area contributed by atoms with E-state index in [0.29, 0.717) is 17.9 Å². The molecule has 1 aliphatic rings. The van der Waals surface area contributed by atoms with E-state index in [0.717, 1.165) is 23.4 Å². The lowest BCUT2D eigenvalue weighted by Crippen LogP contribution is -2.21. The number of anilines is 2. The number of Topliss-reactive ketones (excluding diaryl/α,β-unsaturated/α-hetero) is 1. The fraction of sp³-hybridized carbons (Fsp3) is 0.174. The molecule has 0 saturated heterocycles. The predicted octanol–water partition coefficient (Wildman–Crippen LogP) is 4.99. The highest BCUT2D eigenvalue weighted by Crippen LogP contribution is 2.26. The van der Waals surface area contributed by atoms with Crippen molar-refractivity contribution in [1.29, 1.82) is 0 Å². The summed E-state index contributed by atoms with van der Waals surface area (Å²) in [5.41, 5.74) is 4.74. The van der Waals surface area contributed by atoms with Gasteiger partial charge in [-0.15, -0.1) is 0 Å². The third-order valence-corrected chi connectivity index (χ3v) is 4.74. The Hall–Kier alpha value is -3.27. The Morgan fingerprint density at radius 1 is 1.04 bits per heavy atom. The van der Waals surface area contributed by atoms with E-state index in [1.165, 1.54) is 5.56 Å². The van der Waals surface area contributed by atoms with Gasteiger partial charge in [0.25, 0.3) is 0 Å². The highest BCUT2D eigenvalue weighted by atomic mass is 16.1. The lowest BCUT2D eigenvalue weighted by atomic mass is 9.86. The quantitative estimate of drug-likeness (QED) is 0.716. The van der Waals surface area contributed by atoms with Gasteiger partial charge in [-0.25, -0.2) is 9.97 Å². The van der Waals surface area contributed by atoms with Gasteiger partial charge in [-0.2, -0.15) is 0 Å². The summed E-state index contributed by atoms with van der Waals surface area (Å²) in [6.07, 6.45) is 7.10. The van der Waals surface area contributed by atoms with Gasteiger partial charge in [0.15, 0.2) is 5.78 Å². The minimum atomic E-state index is 0.112. The SMILES string of the molecule is Cc1ccc(Nc2ncc3c(n2)C[C@H](/C=C/c2ccccc2)CC3=O)cc1. The standard InChI is InChI=1S/C23H21N3O/c1-16-7-11-19(12-8-16)25-23-24-15-20-21(26-23)13-18(14-22(20)27)10-9-17-5-3-2-4-6-17/h2-12,15,18H,13-14H2,1H3,(H,24,25,26)/b10-9+/t18-/m0/s1. The summed E-state index contributed by atoms with van der Waals surface area (Å²) in [5.74, 6) is 0.797. The summed E-state index contributed by atoms with van der Waals surface area (Å²) in [4.78, 5) is 21.4. The van der Waals surface area contributed by atoms with Gasteiger partial charge < -0.3 is 5.32 Å². The number of carbonyl (C=O) groups is 1. The number of fused-ring (bicyclic) bond motifs is 1. The summed E-state index contributed by atoms with van der Waals surface area (Å²) in [6.45, 7) is 2.05. The maximum atomic E-state index is 12.5. The van der Waals surface area contributed by atoms with E-state index in [-0.39, 0.29) is 11.7 Å². The first-order chi connectivity index (χ1) is 13.2. The number of hydrogen-bond acceptors (Lipinski definition) is 4. The first-order valence-electron chi connectivity index (χ1n) is 9.13. The van der Waals surface area contributed by atoms with Crippen LogP contribution in [0, 0.1) is 12.8 Å². The van der Waals surface area contributed by atoms with Crippen molar-refractivity contribution in [2.24, 2.45) is 5.92 Å². The van der Waals surface area contributed by atoms with Crippen molar-refractivity contribution in [3.8, 4) is 0 Å². The van der Waals surface area contributed by atoms with Crippen LogP contribution in [0.15, 0.2) is 66.9 Å². The van der Waals surface area contributed by atoms with Crippen LogP contribution in [0.25, 0.3) is 6.08 Å². The number of nitrogens with zero attached hydrogens (tertiary/aromatic N) is 2. The second kappa shape index (κ2) is 7.54. The average molecular weight is 355 g/mol. The van der Waals surface area contributed by atoms with Crippen molar-refractivity contribution in [3.05, 3.63) is 89.3 Å². The summed E-state index contributed by atoms with van der Waals surface area (Å²) in [6, 6.07) is 18.2. The largest absolute Gasteiger partial charge is 0.324 e. The molecular weight excluding hydrogens is 334 g/mol. The number of aryl methyl sites for hydroxylation is 1. The number of benzene rings is 2. The summed E-state index contributed by atoms with van der Waals surface area (Å²) in [5, 5.41) is 3.22. The van der Waals surface area contributed by atoms with Crippen molar-refractivity contribution < 1.29 is 4.79 Å². The van der Waals surface area contributed by atoms with E-state index in [4.69, 9.17) is 0 Å². The number of carbonyl (C=O) groups excluding carboxylic acids is 1. The van der Waals surface area contributed by atoms with Crippen molar-refractivity contribution in [2.45, 2.75) is 19.8 Å². The van der Waals surface area contributed by atoms with Crippen LogP contribution >= 0.6 is 0 Å². The normalized spacial score (nSPS) is 16.3.